The van der Waals surface area contributed by atoms with Crippen LogP contribution in [0.1, 0.15) is 17.2 Å². The molecule has 0 aliphatic rings. The average molecular weight is 349 g/mol. The van der Waals surface area contributed by atoms with E-state index in [1.165, 1.54) is 0 Å². The van der Waals surface area contributed by atoms with Gasteiger partial charge in [0.1, 0.15) is 5.75 Å². The van der Waals surface area contributed by atoms with Crippen LogP contribution in [0.4, 0.5) is 0 Å². The van der Waals surface area contributed by atoms with Crippen LogP contribution in [0.15, 0.2) is 42.5 Å². The van der Waals surface area contributed by atoms with Crippen molar-refractivity contribution in [2.75, 3.05) is 6.54 Å². The second-order valence-electron chi connectivity index (χ2n) is 4.48. The highest BCUT2D eigenvalue weighted by Crippen LogP contribution is 2.21. The molecule has 3 nitrogen and oxygen atoms in total. The number of halogens is 3. The molecule has 2 rings (SSSR count). The number of phenolic OH excluding ortho intramolecular Hbond substituents is 1. The smallest absolute Gasteiger partial charge is 0.115 e. The summed E-state index contributed by atoms with van der Waals surface area (Å²) in [6, 6.07) is 11.9. The molecule has 3 N–H and O–H groups in total. The Bertz CT molecular complexity index is 593. The van der Waals surface area contributed by atoms with Gasteiger partial charge >= 0.3 is 0 Å². The lowest BCUT2D eigenvalue weighted by molar-refractivity contribution is 0.174. The summed E-state index contributed by atoms with van der Waals surface area (Å²) in [7, 11) is 0. The van der Waals surface area contributed by atoms with Crippen LogP contribution in [0.2, 0.25) is 10.0 Å². The third kappa shape index (κ3) is 5.38. The number of nitrogens with one attached hydrogen (secondary N) is 1. The van der Waals surface area contributed by atoms with Crippen molar-refractivity contribution < 1.29 is 10.2 Å². The second-order valence-corrected chi connectivity index (χ2v) is 5.32. The molecule has 0 fully saturated rings. The van der Waals surface area contributed by atoms with Crippen LogP contribution in [0.5, 0.6) is 5.75 Å². The van der Waals surface area contributed by atoms with Gasteiger partial charge in [0, 0.05) is 23.1 Å². The molecule has 21 heavy (non-hydrogen) atoms. The van der Waals surface area contributed by atoms with Gasteiger partial charge in [-0.1, -0.05) is 41.4 Å². The highest BCUT2D eigenvalue weighted by Gasteiger charge is 2.08. The molecule has 0 radical (unpaired) electrons. The van der Waals surface area contributed by atoms with Crippen molar-refractivity contribution in [3.63, 3.8) is 0 Å². The van der Waals surface area contributed by atoms with Gasteiger partial charge in [-0.3, -0.25) is 0 Å². The lowest BCUT2D eigenvalue weighted by Gasteiger charge is -2.13. The molecular formula is C15H16Cl3NO2. The first-order chi connectivity index (χ1) is 9.56. The predicted molar refractivity (Wildman–Crippen MR) is 88.5 cm³/mol. The van der Waals surface area contributed by atoms with Crippen LogP contribution in [0.3, 0.4) is 0 Å². The van der Waals surface area contributed by atoms with Gasteiger partial charge in [-0.15, -0.1) is 12.4 Å². The molecule has 1 atom stereocenters. The SMILES string of the molecule is Cl.Oc1cccc(C(O)CNCc2ccc(Cl)cc2Cl)c1. The molecule has 0 aromatic heterocycles. The zero-order valence-corrected chi connectivity index (χ0v) is 13.4. The van der Waals surface area contributed by atoms with Gasteiger partial charge in [0.15, 0.2) is 0 Å². The summed E-state index contributed by atoms with van der Waals surface area (Å²) in [5.41, 5.74) is 1.58. The minimum absolute atomic E-state index is 0. The van der Waals surface area contributed by atoms with Crippen molar-refractivity contribution in [1.29, 1.82) is 0 Å². The quantitative estimate of drug-likeness (QED) is 0.767. The number of hydrogen-bond donors (Lipinski definition) is 3. The van der Waals surface area contributed by atoms with Gasteiger partial charge in [0.25, 0.3) is 0 Å². The van der Waals surface area contributed by atoms with E-state index in [9.17, 15) is 10.2 Å². The van der Waals surface area contributed by atoms with E-state index >= 15 is 0 Å². The largest absolute Gasteiger partial charge is 0.508 e. The third-order valence-corrected chi connectivity index (χ3v) is 3.51. The van der Waals surface area contributed by atoms with Gasteiger partial charge in [-0.25, -0.2) is 0 Å². The first-order valence-electron chi connectivity index (χ1n) is 6.18. The minimum atomic E-state index is -0.687. The summed E-state index contributed by atoms with van der Waals surface area (Å²) < 4.78 is 0. The first-order valence-corrected chi connectivity index (χ1v) is 6.93. The number of aliphatic hydroxyl groups is 1. The maximum absolute atomic E-state index is 10.0. The van der Waals surface area contributed by atoms with Gasteiger partial charge < -0.3 is 15.5 Å². The number of benzene rings is 2. The van der Waals surface area contributed by atoms with Gasteiger partial charge in [0.2, 0.25) is 0 Å². The summed E-state index contributed by atoms with van der Waals surface area (Å²) in [6.07, 6.45) is -0.687. The van der Waals surface area contributed by atoms with E-state index in [2.05, 4.69) is 5.32 Å². The van der Waals surface area contributed by atoms with Crippen molar-refractivity contribution in [2.45, 2.75) is 12.6 Å². The first kappa shape index (κ1) is 18.1. The summed E-state index contributed by atoms with van der Waals surface area (Å²) in [5.74, 6) is 0.141. The molecule has 6 heteroatoms. The van der Waals surface area contributed by atoms with Crippen LogP contribution in [-0.2, 0) is 6.54 Å². The monoisotopic (exact) mass is 347 g/mol. The highest BCUT2D eigenvalue weighted by atomic mass is 35.5. The molecular weight excluding hydrogens is 333 g/mol. The van der Waals surface area contributed by atoms with Crippen LogP contribution >= 0.6 is 35.6 Å². The number of rotatable bonds is 5. The fraction of sp³-hybridized carbons (Fsp3) is 0.200. The Kier molecular flexibility index (Phi) is 7.29. The Morgan fingerprint density at radius 1 is 1.10 bits per heavy atom. The van der Waals surface area contributed by atoms with E-state index < -0.39 is 6.10 Å². The number of aromatic hydroxyl groups is 1. The Labute approximate surface area is 139 Å². The summed E-state index contributed by atoms with van der Waals surface area (Å²) >= 11 is 11.9. The molecule has 0 aliphatic carbocycles. The van der Waals surface area contributed by atoms with Crippen LogP contribution in [0.25, 0.3) is 0 Å². The van der Waals surface area contributed by atoms with E-state index in [-0.39, 0.29) is 18.2 Å². The van der Waals surface area contributed by atoms with Crippen molar-refractivity contribution in [2.24, 2.45) is 0 Å². The maximum atomic E-state index is 10.0. The minimum Gasteiger partial charge on any atom is -0.508 e. The zero-order valence-electron chi connectivity index (χ0n) is 11.1. The fourth-order valence-corrected chi connectivity index (χ4v) is 2.33. The van der Waals surface area contributed by atoms with E-state index in [0.717, 1.165) is 5.56 Å². The van der Waals surface area contributed by atoms with Crippen molar-refractivity contribution >= 4 is 35.6 Å². The standard InChI is InChI=1S/C15H15Cl2NO2.ClH/c16-12-5-4-11(14(17)7-12)8-18-9-15(20)10-2-1-3-13(19)6-10;/h1-7,15,18-20H,8-9H2;1H. The molecule has 0 saturated carbocycles. The average Bonchev–Trinajstić information content (AvgIpc) is 2.41. The molecule has 0 heterocycles. The van der Waals surface area contributed by atoms with Gasteiger partial charge in [-0.05, 0) is 35.4 Å². The molecule has 0 spiro atoms. The topological polar surface area (TPSA) is 52.5 Å². The number of phenols is 1. The molecule has 0 aliphatic heterocycles. The van der Waals surface area contributed by atoms with E-state index in [1.807, 2.05) is 6.07 Å². The third-order valence-electron chi connectivity index (χ3n) is 2.92. The van der Waals surface area contributed by atoms with Crippen LogP contribution < -0.4 is 5.32 Å². The molecule has 0 bridgehead atoms. The summed E-state index contributed by atoms with van der Waals surface area (Å²) in [6.45, 7) is 0.897. The van der Waals surface area contributed by atoms with E-state index in [1.54, 1.807) is 36.4 Å². The van der Waals surface area contributed by atoms with Gasteiger partial charge in [0.05, 0.1) is 6.10 Å². The van der Waals surface area contributed by atoms with Crippen molar-refractivity contribution in [1.82, 2.24) is 5.32 Å². The predicted octanol–water partition coefficient (Wildman–Crippen LogP) is 3.94. The Balaban J connectivity index is 0.00000220. The highest BCUT2D eigenvalue weighted by molar-refractivity contribution is 6.35. The van der Waals surface area contributed by atoms with Crippen molar-refractivity contribution in [3.8, 4) is 5.75 Å². The van der Waals surface area contributed by atoms with Crippen molar-refractivity contribution in [3.05, 3.63) is 63.6 Å². The zero-order chi connectivity index (χ0) is 14.5. The summed E-state index contributed by atoms with van der Waals surface area (Å²) in [5, 5.41) is 23.7. The molecule has 0 saturated heterocycles. The molecule has 0 amide bonds. The van der Waals surface area contributed by atoms with E-state index in [0.29, 0.717) is 28.7 Å². The number of hydrogen-bond acceptors (Lipinski definition) is 3. The Hall–Kier alpha value is -0.970. The fourth-order valence-electron chi connectivity index (χ4n) is 1.86. The number of aliphatic hydroxyl groups excluding tert-OH is 1. The van der Waals surface area contributed by atoms with E-state index in [4.69, 9.17) is 23.2 Å². The van der Waals surface area contributed by atoms with Crippen LogP contribution in [0, 0.1) is 0 Å². The molecule has 2 aromatic carbocycles. The maximum Gasteiger partial charge on any atom is 0.115 e. The second kappa shape index (κ2) is 8.47. The molecule has 2 aromatic rings. The normalized spacial score (nSPS) is 11.8. The van der Waals surface area contributed by atoms with Crippen LogP contribution in [-0.4, -0.2) is 16.8 Å². The molecule has 1 unspecified atom stereocenters. The Morgan fingerprint density at radius 3 is 2.52 bits per heavy atom. The lowest BCUT2D eigenvalue weighted by Crippen LogP contribution is -2.21. The lowest BCUT2D eigenvalue weighted by atomic mass is 10.1. The van der Waals surface area contributed by atoms with Gasteiger partial charge in [-0.2, -0.15) is 0 Å². The molecule has 114 valence electrons. The Morgan fingerprint density at radius 2 is 1.86 bits per heavy atom. The summed E-state index contributed by atoms with van der Waals surface area (Å²) in [4.78, 5) is 0.